The molecule has 2 rings (SSSR count). The van der Waals surface area contributed by atoms with Gasteiger partial charge in [0.05, 0.1) is 29.2 Å². The van der Waals surface area contributed by atoms with Crippen LogP contribution in [0.1, 0.15) is 34.1 Å². The first-order valence-corrected chi connectivity index (χ1v) is 9.06. The van der Waals surface area contributed by atoms with Crippen LogP contribution in [0, 0.1) is 18.3 Å². The zero-order valence-electron chi connectivity index (χ0n) is 14.6. The molecule has 0 aliphatic carbocycles. The van der Waals surface area contributed by atoms with Crippen molar-refractivity contribution in [3.8, 4) is 6.07 Å². The summed E-state index contributed by atoms with van der Waals surface area (Å²) in [6, 6.07) is 13.1. The second-order valence-electron chi connectivity index (χ2n) is 5.36. The number of carbonyl (C=O) groups excluding carboxylic acids is 2. The van der Waals surface area contributed by atoms with Gasteiger partial charge in [0.25, 0.3) is 0 Å². The van der Waals surface area contributed by atoms with Gasteiger partial charge in [0.15, 0.2) is 0 Å². The van der Waals surface area contributed by atoms with Crippen molar-refractivity contribution in [3.05, 3.63) is 58.8 Å². The molecule has 134 valence electrons. The minimum atomic E-state index is -0.508. The van der Waals surface area contributed by atoms with Crippen molar-refractivity contribution >= 4 is 23.6 Å². The number of hydrogen-bond donors (Lipinski definition) is 1. The molecule has 1 aromatic carbocycles. The summed E-state index contributed by atoms with van der Waals surface area (Å²) in [5.74, 6) is -0.532. The smallest absolute Gasteiger partial charge is 0.340 e. The largest absolute Gasteiger partial charge is 0.462 e. The maximum Gasteiger partial charge on any atom is 0.340 e. The maximum atomic E-state index is 12.0. The number of aromatic nitrogens is 1. The van der Waals surface area contributed by atoms with E-state index in [4.69, 9.17) is 4.74 Å². The Morgan fingerprint density at radius 1 is 1.31 bits per heavy atom. The molecule has 1 aromatic heterocycles. The van der Waals surface area contributed by atoms with E-state index < -0.39 is 5.97 Å². The van der Waals surface area contributed by atoms with Gasteiger partial charge in [-0.15, -0.1) is 0 Å². The Bertz CT molecular complexity index is 832. The number of aryl methyl sites for hydroxylation is 1. The first-order chi connectivity index (χ1) is 12.5. The van der Waals surface area contributed by atoms with Crippen LogP contribution in [0.25, 0.3) is 0 Å². The van der Waals surface area contributed by atoms with Crippen LogP contribution in [0.15, 0.2) is 41.4 Å². The van der Waals surface area contributed by atoms with Crippen LogP contribution in [0.5, 0.6) is 0 Å². The number of nitriles is 1. The summed E-state index contributed by atoms with van der Waals surface area (Å²) >= 11 is 1.17. The Kier molecular flexibility index (Phi) is 7.18. The van der Waals surface area contributed by atoms with E-state index in [1.54, 1.807) is 13.8 Å². The first kappa shape index (κ1) is 19.5. The normalized spacial score (nSPS) is 10.0. The standard InChI is InChI=1S/C19H19N3O3S/c1-3-25-19(24)16-9-15(10-20)18(22-13(16)2)26-12-17(23)21-11-14-7-5-4-6-8-14/h4-9H,3,11-12H2,1-2H3,(H,21,23). The van der Waals surface area contributed by atoms with Gasteiger partial charge in [-0.1, -0.05) is 42.1 Å². The summed E-state index contributed by atoms with van der Waals surface area (Å²) in [5.41, 5.74) is 1.99. The van der Waals surface area contributed by atoms with Gasteiger partial charge in [0.2, 0.25) is 5.91 Å². The molecule has 0 saturated heterocycles. The van der Waals surface area contributed by atoms with Gasteiger partial charge in [0, 0.05) is 6.54 Å². The number of hydrogen-bond acceptors (Lipinski definition) is 6. The Balaban J connectivity index is 2.00. The minimum absolute atomic E-state index is 0.132. The van der Waals surface area contributed by atoms with Gasteiger partial charge in [-0.2, -0.15) is 5.26 Å². The quantitative estimate of drug-likeness (QED) is 0.596. The monoisotopic (exact) mass is 369 g/mol. The molecule has 0 unspecified atom stereocenters. The van der Waals surface area contributed by atoms with Crippen molar-refractivity contribution in [2.75, 3.05) is 12.4 Å². The zero-order valence-corrected chi connectivity index (χ0v) is 15.4. The maximum absolute atomic E-state index is 12.0. The Morgan fingerprint density at radius 3 is 2.69 bits per heavy atom. The fourth-order valence-corrected chi connectivity index (χ4v) is 3.00. The topological polar surface area (TPSA) is 92.1 Å². The lowest BCUT2D eigenvalue weighted by Crippen LogP contribution is -2.24. The number of amides is 1. The number of thioether (sulfide) groups is 1. The van der Waals surface area contributed by atoms with Crippen LogP contribution in [-0.2, 0) is 16.1 Å². The molecule has 0 saturated carbocycles. The predicted molar refractivity (Wildman–Crippen MR) is 98.7 cm³/mol. The lowest BCUT2D eigenvalue weighted by molar-refractivity contribution is -0.118. The molecule has 1 heterocycles. The summed E-state index contributed by atoms with van der Waals surface area (Å²) in [5, 5.41) is 12.6. The third-order valence-electron chi connectivity index (χ3n) is 3.47. The molecule has 0 aliphatic rings. The molecule has 0 spiro atoms. The van der Waals surface area contributed by atoms with E-state index in [0.717, 1.165) is 5.56 Å². The van der Waals surface area contributed by atoms with E-state index in [0.29, 0.717) is 17.3 Å². The molecule has 1 amide bonds. The molecule has 0 radical (unpaired) electrons. The average molecular weight is 369 g/mol. The highest BCUT2D eigenvalue weighted by Crippen LogP contribution is 2.23. The number of carbonyl (C=O) groups is 2. The molecule has 0 bridgehead atoms. The molecular weight excluding hydrogens is 350 g/mol. The number of nitrogens with zero attached hydrogens (tertiary/aromatic N) is 2. The summed E-state index contributed by atoms with van der Waals surface area (Å²) < 4.78 is 4.96. The van der Waals surface area contributed by atoms with Crippen molar-refractivity contribution in [1.82, 2.24) is 10.3 Å². The fourth-order valence-electron chi connectivity index (χ4n) is 2.17. The third-order valence-corrected chi connectivity index (χ3v) is 4.46. The van der Waals surface area contributed by atoms with Crippen molar-refractivity contribution in [1.29, 1.82) is 5.26 Å². The highest BCUT2D eigenvalue weighted by molar-refractivity contribution is 8.00. The second-order valence-corrected chi connectivity index (χ2v) is 6.32. The Morgan fingerprint density at radius 2 is 2.04 bits per heavy atom. The van der Waals surface area contributed by atoms with Gasteiger partial charge in [-0.3, -0.25) is 4.79 Å². The summed E-state index contributed by atoms with van der Waals surface area (Å²) in [6.45, 7) is 4.08. The van der Waals surface area contributed by atoms with Gasteiger partial charge in [-0.25, -0.2) is 9.78 Å². The summed E-state index contributed by atoms with van der Waals surface area (Å²) in [7, 11) is 0. The number of ether oxygens (including phenoxy) is 1. The van der Waals surface area contributed by atoms with Crippen LogP contribution in [0.3, 0.4) is 0 Å². The van der Waals surface area contributed by atoms with Gasteiger partial charge < -0.3 is 10.1 Å². The Hall–Kier alpha value is -2.85. The van der Waals surface area contributed by atoms with Crippen molar-refractivity contribution in [3.63, 3.8) is 0 Å². The van der Waals surface area contributed by atoms with Gasteiger partial charge in [-0.05, 0) is 25.5 Å². The zero-order chi connectivity index (χ0) is 18.9. The van der Waals surface area contributed by atoms with E-state index in [-0.39, 0.29) is 29.4 Å². The van der Waals surface area contributed by atoms with E-state index >= 15 is 0 Å². The molecule has 6 nitrogen and oxygen atoms in total. The number of nitrogens with one attached hydrogen (secondary N) is 1. The fraction of sp³-hybridized carbons (Fsp3) is 0.263. The molecule has 0 atom stereocenters. The van der Waals surface area contributed by atoms with Gasteiger partial charge in [0.1, 0.15) is 11.1 Å². The Labute approximate surface area is 156 Å². The highest BCUT2D eigenvalue weighted by Gasteiger charge is 2.17. The van der Waals surface area contributed by atoms with Crippen LogP contribution in [0.2, 0.25) is 0 Å². The second kappa shape index (κ2) is 9.59. The van der Waals surface area contributed by atoms with Crippen molar-refractivity contribution in [2.45, 2.75) is 25.4 Å². The van der Waals surface area contributed by atoms with Gasteiger partial charge >= 0.3 is 5.97 Å². The number of benzene rings is 1. The van der Waals surface area contributed by atoms with Crippen LogP contribution >= 0.6 is 11.8 Å². The summed E-state index contributed by atoms with van der Waals surface area (Å²) in [4.78, 5) is 28.2. The average Bonchev–Trinajstić information content (AvgIpc) is 2.65. The first-order valence-electron chi connectivity index (χ1n) is 8.07. The lowest BCUT2D eigenvalue weighted by Gasteiger charge is -2.09. The lowest BCUT2D eigenvalue weighted by atomic mass is 10.1. The third kappa shape index (κ3) is 5.33. The molecular formula is C19H19N3O3S. The van der Waals surface area contributed by atoms with E-state index in [2.05, 4.69) is 10.3 Å². The SMILES string of the molecule is CCOC(=O)c1cc(C#N)c(SCC(=O)NCc2ccccc2)nc1C. The number of esters is 1. The summed E-state index contributed by atoms with van der Waals surface area (Å²) in [6.07, 6.45) is 0. The molecule has 2 aromatic rings. The molecule has 26 heavy (non-hydrogen) atoms. The molecule has 1 N–H and O–H groups in total. The number of rotatable bonds is 7. The van der Waals surface area contributed by atoms with E-state index in [1.807, 2.05) is 36.4 Å². The van der Waals surface area contributed by atoms with Crippen molar-refractivity contribution in [2.24, 2.45) is 0 Å². The molecule has 7 heteroatoms. The van der Waals surface area contributed by atoms with Crippen molar-refractivity contribution < 1.29 is 14.3 Å². The molecule has 0 aliphatic heterocycles. The van der Waals surface area contributed by atoms with Crippen LogP contribution < -0.4 is 5.32 Å². The minimum Gasteiger partial charge on any atom is -0.462 e. The van der Waals surface area contributed by atoms with E-state index in [9.17, 15) is 14.9 Å². The highest BCUT2D eigenvalue weighted by atomic mass is 32.2. The van der Waals surface area contributed by atoms with Crippen LogP contribution in [-0.4, -0.2) is 29.2 Å². The predicted octanol–water partition coefficient (Wildman–Crippen LogP) is 2.85. The van der Waals surface area contributed by atoms with Crippen LogP contribution in [0.4, 0.5) is 0 Å². The molecule has 0 fully saturated rings. The van der Waals surface area contributed by atoms with E-state index in [1.165, 1.54) is 17.8 Å². The number of pyridine rings is 1.